The Hall–Kier alpha value is -1.97. The molecule has 2 unspecified atom stereocenters. The lowest BCUT2D eigenvalue weighted by molar-refractivity contribution is -0.389. The third kappa shape index (κ3) is 2.50. The van der Waals surface area contributed by atoms with Gasteiger partial charge in [0, 0.05) is 11.9 Å². The van der Waals surface area contributed by atoms with Crippen LogP contribution in [0, 0.1) is 10.1 Å². The highest BCUT2D eigenvalue weighted by Gasteiger charge is 2.34. The Labute approximate surface area is 139 Å². The van der Waals surface area contributed by atoms with Crippen LogP contribution in [0.5, 0.6) is 0 Å². The van der Waals surface area contributed by atoms with Gasteiger partial charge in [-0.3, -0.25) is 0 Å². The maximum Gasteiger partial charge on any atom is 0.373 e. The minimum atomic E-state index is -0.359. The van der Waals surface area contributed by atoms with E-state index in [4.69, 9.17) is 4.74 Å². The fraction of sp³-hybridized carbons (Fsp3) is 0.357. The van der Waals surface area contributed by atoms with Gasteiger partial charge in [-0.25, -0.2) is 0 Å². The first-order valence-corrected chi connectivity index (χ1v) is 8.98. The van der Waals surface area contributed by atoms with E-state index in [9.17, 15) is 10.1 Å². The highest BCUT2D eigenvalue weighted by atomic mass is 32.1. The van der Waals surface area contributed by atoms with E-state index in [-0.39, 0.29) is 22.9 Å². The van der Waals surface area contributed by atoms with E-state index in [1.807, 2.05) is 23.3 Å². The van der Waals surface area contributed by atoms with E-state index in [1.54, 1.807) is 27.3 Å². The highest BCUT2D eigenvalue weighted by Crippen LogP contribution is 2.35. The lowest BCUT2D eigenvalue weighted by atomic mass is 10.1. The minimum Gasteiger partial charge on any atom is -0.367 e. The van der Waals surface area contributed by atoms with Crippen LogP contribution in [0.2, 0.25) is 0 Å². The number of thiazole rings is 1. The summed E-state index contributed by atoms with van der Waals surface area (Å²) in [4.78, 5) is 18.2. The largest absolute Gasteiger partial charge is 0.373 e. The minimum absolute atomic E-state index is 0.0204. The summed E-state index contributed by atoms with van der Waals surface area (Å²) in [6, 6.07) is 2.03. The second-order valence-electron chi connectivity index (χ2n) is 5.47. The zero-order valence-corrected chi connectivity index (χ0v) is 13.9. The number of thiophene rings is 1. The van der Waals surface area contributed by atoms with Crippen molar-refractivity contribution in [2.24, 2.45) is 0 Å². The summed E-state index contributed by atoms with van der Waals surface area (Å²) in [6.07, 6.45) is 1.58. The van der Waals surface area contributed by atoms with Crippen LogP contribution in [-0.4, -0.2) is 33.5 Å². The van der Waals surface area contributed by atoms with E-state index >= 15 is 0 Å². The molecule has 0 N–H and O–H groups in total. The molecule has 0 spiro atoms. The number of hydrogen-bond acceptors (Lipinski definition) is 7. The average molecular weight is 350 g/mol. The van der Waals surface area contributed by atoms with Crippen molar-refractivity contribution >= 4 is 39.3 Å². The molecular weight excluding hydrogens is 336 g/mol. The quantitative estimate of drug-likeness (QED) is 0.535. The van der Waals surface area contributed by atoms with Crippen molar-refractivity contribution in [3.8, 4) is 0 Å². The standard InChI is InChI=1S/C14H14N4O3S2/c1-9-6-16(7-11(21-9)10-2-4-22-8-10)12-13(18(19)20)17-3-5-23-14(17)15-12/h2-5,8-9,11H,6-7H2,1H3. The molecule has 4 rings (SSSR count). The summed E-state index contributed by atoms with van der Waals surface area (Å²) in [5.41, 5.74) is 1.11. The molecule has 0 saturated carbocycles. The molecule has 23 heavy (non-hydrogen) atoms. The van der Waals surface area contributed by atoms with Crippen molar-refractivity contribution in [3.63, 3.8) is 0 Å². The molecule has 1 aliphatic heterocycles. The fourth-order valence-electron chi connectivity index (χ4n) is 2.91. The van der Waals surface area contributed by atoms with Crippen molar-refractivity contribution in [1.82, 2.24) is 9.38 Å². The molecule has 4 heterocycles. The maximum atomic E-state index is 11.5. The summed E-state index contributed by atoms with van der Waals surface area (Å²) in [5, 5.41) is 17.4. The SMILES string of the molecule is CC1CN(c2nc3sccn3c2[N+](=O)[O-])CC(c2ccsc2)O1. The summed E-state index contributed by atoms with van der Waals surface area (Å²) in [7, 11) is 0. The van der Waals surface area contributed by atoms with E-state index in [0.717, 1.165) is 5.56 Å². The molecule has 3 aromatic rings. The van der Waals surface area contributed by atoms with Crippen LogP contribution in [0.3, 0.4) is 0 Å². The zero-order chi connectivity index (χ0) is 16.0. The van der Waals surface area contributed by atoms with Gasteiger partial charge in [0.1, 0.15) is 12.3 Å². The Kier molecular flexibility index (Phi) is 3.55. The Bertz CT molecular complexity index is 842. The molecule has 0 bridgehead atoms. The molecule has 0 aromatic carbocycles. The Morgan fingerprint density at radius 3 is 3.04 bits per heavy atom. The first-order valence-electron chi connectivity index (χ1n) is 7.16. The number of ether oxygens (including phenoxy) is 1. The van der Waals surface area contributed by atoms with E-state index in [1.165, 1.54) is 11.3 Å². The van der Waals surface area contributed by atoms with Crippen LogP contribution in [0.15, 0.2) is 28.4 Å². The third-order valence-corrected chi connectivity index (χ3v) is 5.32. The zero-order valence-electron chi connectivity index (χ0n) is 12.3. The van der Waals surface area contributed by atoms with Crippen LogP contribution < -0.4 is 4.90 Å². The number of morpholine rings is 1. The number of rotatable bonds is 3. The Morgan fingerprint density at radius 1 is 1.43 bits per heavy atom. The summed E-state index contributed by atoms with van der Waals surface area (Å²) >= 11 is 3.01. The summed E-state index contributed by atoms with van der Waals surface area (Å²) < 4.78 is 7.54. The molecule has 3 aromatic heterocycles. The third-order valence-electron chi connectivity index (χ3n) is 3.87. The van der Waals surface area contributed by atoms with E-state index < -0.39 is 0 Å². The molecule has 0 amide bonds. The van der Waals surface area contributed by atoms with Crippen molar-refractivity contribution in [3.05, 3.63) is 44.1 Å². The summed E-state index contributed by atoms with van der Waals surface area (Å²) in [5.74, 6) is 0.455. The van der Waals surface area contributed by atoms with Crippen LogP contribution in [0.4, 0.5) is 11.6 Å². The second kappa shape index (κ2) is 5.59. The predicted octanol–water partition coefficient (Wildman–Crippen LogP) is 3.33. The number of fused-ring (bicyclic) bond motifs is 1. The first kappa shape index (κ1) is 14.6. The lowest BCUT2D eigenvalue weighted by Gasteiger charge is -2.36. The average Bonchev–Trinajstić information content (AvgIpc) is 3.22. The number of nitro groups is 1. The molecule has 1 saturated heterocycles. The summed E-state index contributed by atoms with van der Waals surface area (Å²) in [6.45, 7) is 3.13. The topological polar surface area (TPSA) is 72.9 Å². The van der Waals surface area contributed by atoms with Gasteiger partial charge in [-0.05, 0) is 34.2 Å². The van der Waals surface area contributed by atoms with Gasteiger partial charge in [0.15, 0.2) is 0 Å². The molecule has 0 radical (unpaired) electrons. The van der Waals surface area contributed by atoms with Gasteiger partial charge >= 0.3 is 5.82 Å². The van der Waals surface area contributed by atoms with Crippen molar-refractivity contribution in [1.29, 1.82) is 0 Å². The fourth-order valence-corrected chi connectivity index (χ4v) is 4.32. The first-order chi connectivity index (χ1) is 11.1. The van der Waals surface area contributed by atoms with Crippen molar-refractivity contribution in [2.45, 2.75) is 19.1 Å². The highest BCUT2D eigenvalue weighted by molar-refractivity contribution is 7.15. The second-order valence-corrected chi connectivity index (χ2v) is 7.12. The number of nitrogens with zero attached hydrogens (tertiary/aromatic N) is 4. The predicted molar refractivity (Wildman–Crippen MR) is 89.5 cm³/mol. The number of imidazole rings is 1. The molecular formula is C14H14N4O3S2. The molecule has 120 valence electrons. The van der Waals surface area contributed by atoms with Gasteiger partial charge in [-0.2, -0.15) is 20.7 Å². The van der Waals surface area contributed by atoms with Gasteiger partial charge in [0.05, 0.1) is 12.6 Å². The lowest BCUT2D eigenvalue weighted by Crippen LogP contribution is -2.43. The van der Waals surface area contributed by atoms with Crippen molar-refractivity contribution in [2.75, 3.05) is 18.0 Å². The van der Waals surface area contributed by atoms with Gasteiger partial charge < -0.3 is 19.8 Å². The van der Waals surface area contributed by atoms with Gasteiger partial charge in [-0.1, -0.05) is 11.3 Å². The van der Waals surface area contributed by atoms with Gasteiger partial charge in [0.25, 0.3) is 4.96 Å². The molecule has 1 fully saturated rings. The molecule has 9 heteroatoms. The van der Waals surface area contributed by atoms with Gasteiger partial charge in [0.2, 0.25) is 5.82 Å². The number of aromatic nitrogens is 2. The number of hydrogen-bond donors (Lipinski definition) is 0. The van der Waals surface area contributed by atoms with E-state index in [2.05, 4.69) is 10.4 Å². The molecule has 1 aliphatic rings. The number of anilines is 1. The molecule has 0 aliphatic carbocycles. The van der Waals surface area contributed by atoms with Crippen LogP contribution >= 0.6 is 22.7 Å². The van der Waals surface area contributed by atoms with Crippen LogP contribution in [0.25, 0.3) is 4.96 Å². The maximum absolute atomic E-state index is 11.5. The monoisotopic (exact) mass is 350 g/mol. The Morgan fingerprint density at radius 2 is 2.30 bits per heavy atom. The smallest absolute Gasteiger partial charge is 0.367 e. The molecule has 7 nitrogen and oxygen atoms in total. The Balaban J connectivity index is 1.73. The van der Waals surface area contributed by atoms with Gasteiger partial charge in [-0.15, -0.1) is 0 Å². The van der Waals surface area contributed by atoms with Crippen LogP contribution in [0.1, 0.15) is 18.6 Å². The van der Waals surface area contributed by atoms with Crippen LogP contribution in [-0.2, 0) is 4.74 Å². The normalized spacial score (nSPS) is 21.9. The van der Waals surface area contributed by atoms with Crippen molar-refractivity contribution < 1.29 is 9.66 Å². The van der Waals surface area contributed by atoms with E-state index in [0.29, 0.717) is 23.9 Å². The molecule has 2 atom stereocenters.